The van der Waals surface area contributed by atoms with Crippen LogP contribution in [0.5, 0.6) is 5.75 Å². The lowest BCUT2D eigenvalue weighted by Gasteiger charge is -2.18. The van der Waals surface area contributed by atoms with E-state index in [-0.39, 0.29) is 5.96 Å². The first-order valence-electron chi connectivity index (χ1n) is 5.06. The smallest absolute Gasteiger partial charge is 0.211 e. The molecule has 0 spiro atoms. The van der Waals surface area contributed by atoms with E-state index in [9.17, 15) is 0 Å². The summed E-state index contributed by atoms with van der Waals surface area (Å²) in [5.74, 6) is 0.801. The van der Waals surface area contributed by atoms with Crippen molar-refractivity contribution in [1.29, 1.82) is 0 Å². The quantitative estimate of drug-likeness (QED) is 0.414. The molecule has 0 saturated heterocycles. The minimum absolute atomic E-state index is 0.0341. The molecule has 0 fully saturated rings. The molecule has 1 aliphatic rings. The summed E-state index contributed by atoms with van der Waals surface area (Å²) in [5, 5.41) is 7.72. The molecule has 1 aromatic carbocycles. The molecule has 1 aliphatic heterocycles. The predicted molar refractivity (Wildman–Crippen MR) is 63.6 cm³/mol. The minimum Gasteiger partial charge on any atom is -0.492 e. The van der Waals surface area contributed by atoms with Gasteiger partial charge in [0.1, 0.15) is 5.75 Å². The summed E-state index contributed by atoms with van der Waals surface area (Å²) in [6.45, 7) is 2.63. The van der Waals surface area contributed by atoms with Crippen LogP contribution < -0.4 is 16.2 Å². The van der Waals surface area contributed by atoms with Gasteiger partial charge in [-0.2, -0.15) is 5.10 Å². The number of ether oxygens (including phenoxy) is 1. The van der Waals surface area contributed by atoms with Crippen molar-refractivity contribution in [3.8, 4) is 5.75 Å². The SMILES string of the molecule is Cc1ccc2c(c1)/C(=N/N=C(N)N)CCO2. The zero-order valence-corrected chi connectivity index (χ0v) is 9.10. The monoisotopic (exact) mass is 218 g/mol. The molecule has 1 heterocycles. The zero-order valence-electron chi connectivity index (χ0n) is 9.10. The van der Waals surface area contributed by atoms with Gasteiger partial charge in [0, 0.05) is 12.0 Å². The predicted octanol–water partition coefficient (Wildman–Crippen LogP) is 0.755. The third-order valence-corrected chi connectivity index (χ3v) is 2.33. The summed E-state index contributed by atoms with van der Waals surface area (Å²) in [6.07, 6.45) is 0.716. The van der Waals surface area contributed by atoms with Crippen LogP contribution in [-0.2, 0) is 0 Å². The Kier molecular flexibility index (Phi) is 2.76. The number of guanidine groups is 1. The molecule has 16 heavy (non-hydrogen) atoms. The number of hydrogen-bond donors (Lipinski definition) is 2. The van der Waals surface area contributed by atoms with Gasteiger partial charge in [-0.25, -0.2) is 0 Å². The summed E-state index contributed by atoms with van der Waals surface area (Å²) in [6, 6.07) is 5.97. The Labute approximate surface area is 93.8 Å². The molecule has 0 aromatic heterocycles. The van der Waals surface area contributed by atoms with Gasteiger partial charge >= 0.3 is 0 Å². The first-order valence-corrected chi connectivity index (χ1v) is 5.06. The second-order valence-electron chi connectivity index (χ2n) is 3.67. The first kappa shape index (κ1) is 10.5. The largest absolute Gasteiger partial charge is 0.492 e. The normalized spacial score (nSPS) is 16.4. The molecule has 0 radical (unpaired) electrons. The van der Waals surface area contributed by atoms with Gasteiger partial charge in [-0.15, -0.1) is 5.10 Å². The highest BCUT2D eigenvalue weighted by Gasteiger charge is 2.16. The van der Waals surface area contributed by atoms with E-state index in [0.29, 0.717) is 13.0 Å². The highest BCUT2D eigenvalue weighted by Crippen LogP contribution is 2.26. The molecule has 0 bridgehead atoms. The van der Waals surface area contributed by atoms with E-state index in [1.807, 2.05) is 25.1 Å². The third kappa shape index (κ3) is 2.13. The Morgan fingerprint density at radius 3 is 2.94 bits per heavy atom. The van der Waals surface area contributed by atoms with Crippen LogP contribution in [0.3, 0.4) is 0 Å². The van der Waals surface area contributed by atoms with E-state index in [2.05, 4.69) is 10.2 Å². The Hall–Kier alpha value is -2.04. The minimum atomic E-state index is -0.0341. The zero-order chi connectivity index (χ0) is 11.5. The molecule has 2 rings (SSSR count). The van der Waals surface area contributed by atoms with Crippen LogP contribution in [0.15, 0.2) is 28.4 Å². The number of hydrogen-bond acceptors (Lipinski definition) is 3. The molecular weight excluding hydrogens is 204 g/mol. The van der Waals surface area contributed by atoms with E-state index >= 15 is 0 Å². The van der Waals surface area contributed by atoms with Gasteiger partial charge in [-0.05, 0) is 19.1 Å². The maximum Gasteiger partial charge on any atom is 0.211 e. The molecule has 0 saturated carbocycles. The van der Waals surface area contributed by atoms with Crippen molar-refractivity contribution in [2.24, 2.45) is 21.7 Å². The maximum atomic E-state index is 5.52. The van der Waals surface area contributed by atoms with Crippen LogP contribution in [0, 0.1) is 6.92 Å². The van der Waals surface area contributed by atoms with Crippen molar-refractivity contribution in [2.75, 3.05) is 6.61 Å². The summed E-state index contributed by atoms with van der Waals surface area (Å²) in [7, 11) is 0. The first-order chi connectivity index (χ1) is 7.66. The van der Waals surface area contributed by atoms with Gasteiger partial charge in [0.05, 0.1) is 12.3 Å². The maximum absolute atomic E-state index is 5.52. The summed E-state index contributed by atoms with van der Waals surface area (Å²) in [5.41, 5.74) is 13.5. The topological polar surface area (TPSA) is 86.0 Å². The number of nitrogens with two attached hydrogens (primary N) is 2. The number of rotatable bonds is 1. The van der Waals surface area contributed by atoms with Crippen LogP contribution in [0.2, 0.25) is 0 Å². The van der Waals surface area contributed by atoms with E-state index in [0.717, 1.165) is 22.6 Å². The molecule has 4 N–H and O–H groups in total. The number of nitrogens with zero attached hydrogens (tertiary/aromatic N) is 2. The van der Waals surface area contributed by atoms with Crippen LogP contribution in [-0.4, -0.2) is 18.3 Å². The highest BCUT2D eigenvalue weighted by molar-refractivity contribution is 6.04. The lowest BCUT2D eigenvalue weighted by atomic mass is 10.0. The Balaban J connectivity index is 2.43. The van der Waals surface area contributed by atoms with Crippen molar-refractivity contribution in [3.05, 3.63) is 29.3 Å². The van der Waals surface area contributed by atoms with Crippen LogP contribution in [0.4, 0.5) is 0 Å². The van der Waals surface area contributed by atoms with Crippen molar-refractivity contribution >= 4 is 11.7 Å². The fourth-order valence-corrected chi connectivity index (χ4v) is 1.61. The molecule has 0 atom stereocenters. The molecular formula is C11H14N4O. The van der Waals surface area contributed by atoms with Crippen LogP contribution in [0.1, 0.15) is 17.5 Å². The molecule has 5 heteroatoms. The molecule has 1 aromatic rings. The lowest BCUT2D eigenvalue weighted by Crippen LogP contribution is -2.22. The van der Waals surface area contributed by atoms with Gasteiger partial charge in [-0.1, -0.05) is 11.6 Å². The van der Waals surface area contributed by atoms with Crippen molar-refractivity contribution in [1.82, 2.24) is 0 Å². The highest BCUT2D eigenvalue weighted by atomic mass is 16.5. The summed E-state index contributed by atoms with van der Waals surface area (Å²) >= 11 is 0. The number of fused-ring (bicyclic) bond motifs is 1. The van der Waals surface area contributed by atoms with Gasteiger partial charge < -0.3 is 16.2 Å². The van der Waals surface area contributed by atoms with Crippen LogP contribution in [0.25, 0.3) is 0 Å². The second-order valence-corrected chi connectivity index (χ2v) is 3.67. The van der Waals surface area contributed by atoms with Crippen LogP contribution >= 0.6 is 0 Å². The standard InChI is InChI=1S/C11H14N4O/c1-7-2-3-10-8(6-7)9(4-5-16-10)14-15-11(12)13/h2-3,6H,4-5H2,1H3,(H4,12,13,15)/b14-9+. The van der Waals surface area contributed by atoms with Gasteiger partial charge in [-0.3, -0.25) is 0 Å². The number of aryl methyl sites for hydroxylation is 1. The van der Waals surface area contributed by atoms with E-state index in [1.54, 1.807) is 0 Å². The average Bonchev–Trinajstić information content (AvgIpc) is 2.26. The number of benzene rings is 1. The Morgan fingerprint density at radius 2 is 2.19 bits per heavy atom. The molecule has 0 amide bonds. The summed E-state index contributed by atoms with van der Waals surface area (Å²) in [4.78, 5) is 0. The molecule has 0 unspecified atom stereocenters. The van der Waals surface area contributed by atoms with E-state index in [4.69, 9.17) is 16.2 Å². The van der Waals surface area contributed by atoms with E-state index < -0.39 is 0 Å². The second kappa shape index (κ2) is 4.22. The fraction of sp³-hybridized carbons (Fsp3) is 0.273. The molecule has 84 valence electrons. The van der Waals surface area contributed by atoms with Crippen molar-refractivity contribution in [2.45, 2.75) is 13.3 Å². The van der Waals surface area contributed by atoms with Gasteiger partial charge in [0.25, 0.3) is 0 Å². The Morgan fingerprint density at radius 1 is 1.38 bits per heavy atom. The van der Waals surface area contributed by atoms with E-state index in [1.165, 1.54) is 0 Å². The van der Waals surface area contributed by atoms with Gasteiger partial charge in [0.15, 0.2) is 0 Å². The fourth-order valence-electron chi connectivity index (χ4n) is 1.61. The third-order valence-electron chi connectivity index (χ3n) is 2.33. The molecule has 0 aliphatic carbocycles. The van der Waals surface area contributed by atoms with Crippen molar-refractivity contribution in [3.63, 3.8) is 0 Å². The average molecular weight is 218 g/mol. The lowest BCUT2D eigenvalue weighted by molar-refractivity contribution is 0.320. The summed E-state index contributed by atoms with van der Waals surface area (Å²) < 4.78 is 5.52. The van der Waals surface area contributed by atoms with Crippen molar-refractivity contribution < 1.29 is 4.74 Å². The molecule has 5 nitrogen and oxygen atoms in total. The Bertz CT molecular complexity index is 461. The van der Waals surface area contributed by atoms with Gasteiger partial charge in [0.2, 0.25) is 5.96 Å².